The molecule has 3 aromatic rings. The lowest BCUT2D eigenvalue weighted by Gasteiger charge is -2.10. The molecule has 0 aliphatic rings. The highest BCUT2D eigenvalue weighted by Gasteiger charge is 2.09. The Labute approximate surface area is 122 Å². The molecule has 0 fully saturated rings. The van der Waals surface area contributed by atoms with Crippen molar-refractivity contribution in [3.05, 3.63) is 65.3 Å². The van der Waals surface area contributed by atoms with Gasteiger partial charge in [0.2, 0.25) is 5.88 Å². The molecule has 20 heavy (non-hydrogen) atoms. The molecule has 1 aromatic heterocycles. The lowest BCUT2D eigenvalue weighted by atomic mass is 10.1. The quantitative estimate of drug-likeness (QED) is 0.786. The average Bonchev–Trinajstić information content (AvgIpc) is 2.49. The summed E-state index contributed by atoms with van der Waals surface area (Å²) in [6, 6.07) is 17.2. The van der Waals surface area contributed by atoms with Crippen LogP contribution in [0.15, 0.2) is 54.6 Å². The molecule has 0 unspecified atom stereocenters. The minimum Gasteiger partial charge on any atom is -0.437 e. The Balaban J connectivity index is 2.13. The zero-order valence-corrected chi connectivity index (χ0v) is 11.5. The maximum atomic E-state index is 6.12. The van der Waals surface area contributed by atoms with Gasteiger partial charge in [-0.1, -0.05) is 41.9 Å². The van der Waals surface area contributed by atoms with E-state index >= 15 is 0 Å². The summed E-state index contributed by atoms with van der Waals surface area (Å²) in [7, 11) is 0. The summed E-state index contributed by atoms with van der Waals surface area (Å²) in [5, 5.41) is 2.53. The fourth-order valence-corrected chi connectivity index (χ4v) is 2.21. The van der Waals surface area contributed by atoms with Gasteiger partial charge in [-0.3, -0.25) is 0 Å². The van der Waals surface area contributed by atoms with Crippen LogP contribution in [0.1, 0.15) is 5.69 Å². The molecule has 1 heterocycles. The summed E-state index contributed by atoms with van der Waals surface area (Å²) in [5.41, 5.74) is 6.47. The predicted molar refractivity (Wildman–Crippen MR) is 81.2 cm³/mol. The van der Waals surface area contributed by atoms with Gasteiger partial charge in [-0.2, -0.15) is 0 Å². The van der Waals surface area contributed by atoms with Gasteiger partial charge in [-0.15, -0.1) is 0 Å². The average molecular weight is 285 g/mol. The van der Waals surface area contributed by atoms with Crippen LogP contribution in [0.2, 0.25) is 5.02 Å². The molecule has 4 heteroatoms. The van der Waals surface area contributed by atoms with Crippen molar-refractivity contribution in [2.45, 2.75) is 6.54 Å². The van der Waals surface area contributed by atoms with E-state index in [2.05, 4.69) is 4.98 Å². The van der Waals surface area contributed by atoms with E-state index in [0.29, 0.717) is 23.2 Å². The van der Waals surface area contributed by atoms with E-state index in [0.717, 1.165) is 16.5 Å². The molecular formula is C16H13ClN2O. The van der Waals surface area contributed by atoms with Gasteiger partial charge in [0.15, 0.2) is 0 Å². The highest BCUT2D eigenvalue weighted by molar-refractivity contribution is 6.32. The van der Waals surface area contributed by atoms with Gasteiger partial charge in [0.1, 0.15) is 5.75 Å². The Hall–Kier alpha value is -2.10. The van der Waals surface area contributed by atoms with Gasteiger partial charge >= 0.3 is 0 Å². The normalized spacial score (nSPS) is 10.7. The van der Waals surface area contributed by atoms with Crippen molar-refractivity contribution in [1.82, 2.24) is 4.98 Å². The van der Waals surface area contributed by atoms with Crippen molar-refractivity contribution in [1.29, 1.82) is 0 Å². The van der Waals surface area contributed by atoms with Crippen LogP contribution in [0.25, 0.3) is 10.8 Å². The number of pyridine rings is 1. The second-order valence-corrected chi connectivity index (χ2v) is 4.78. The third-order valence-electron chi connectivity index (χ3n) is 3.01. The van der Waals surface area contributed by atoms with Crippen molar-refractivity contribution in [3.63, 3.8) is 0 Å². The van der Waals surface area contributed by atoms with Crippen molar-refractivity contribution in [3.8, 4) is 11.6 Å². The Bertz CT molecular complexity index is 758. The molecule has 2 N–H and O–H groups in total. The lowest BCUT2D eigenvalue weighted by Crippen LogP contribution is -2.01. The molecule has 0 saturated carbocycles. The molecule has 0 bridgehead atoms. The maximum absolute atomic E-state index is 6.12. The van der Waals surface area contributed by atoms with Gasteiger partial charge in [0.05, 0.1) is 10.7 Å². The molecule has 3 rings (SSSR count). The van der Waals surface area contributed by atoms with Gasteiger partial charge in [0.25, 0.3) is 0 Å². The minimum atomic E-state index is 0.365. The summed E-state index contributed by atoms with van der Waals surface area (Å²) >= 11 is 6.12. The largest absolute Gasteiger partial charge is 0.437 e. The Morgan fingerprint density at radius 1 is 1.05 bits per heavy atom. The van der Waals surface area contributed by atoms with Gasteiger partial charge in [-0.05, 0) is 29.7 Å². The van der Waals surface area contributed by atoms with Crippen LogP contribution in [0.4, 0.5) is 0 Å². The first-order valence-electron chi connectivity index (χ1n) is 6.29. The zero-order chi connectivity index (χ0) is 13.9. The highest BCUT2D eigenvalue weighted by Crippen LogP contribution is 2.32. The standard InChI is InChI=1S/C16H13ClN2O/c17-14-7-3-4-8-15(14)20-16-13-6-2-1-5-11(13)9-12(10-18)19-16/h1-9H,10,18H2. The van der Waals surface area contributed by atoms with Crippen LogP contribution < -0.4 is 10.5 Å². The van der Waals surface area contributed by atoms with Crippen LogP contribution in [0.5, 0.6) is 11.6 Å². The third kappa shape index (κ3) is 2.46. The first kappa shape index (κ1) is 12.9. The van der Waals surface area contributed by atoms with E-state index < -0.39 is 0 Å². The highest BCUT2D eigenvalue weighted by atomic mass is 35.5. The molecule has 3 nitrogen and oxygen atoms in total. The molecular weight excluding hydrogens is 272 g/mol. The summed E-state index contributed by atoms with van der Waals surface area (Å²) in [5.74, 6) is 1.11. The topological polar surface area (TPSA) is 48.1 Å². The van der Waals surface area contributed by atoms with Gasteiger partial charge in [0, 0.05) is 11.9 Å². The smallest absolute Gasteiger partial charge is 0.227 e. The van der Waals surface area contributed by atoms with Crippen LogP contribution in [-0.2, 0) is 6.54 Å². The van der Waals surface area contributed by atoms with E-state index in [1.165, 1.54) is 0 Å². The van der Waals surface area contributed by atoms with E-state index in [1.807, 2.05) is 48.5 Å². The van der Waals surface area contributed by atoms with E-state index in [9.17, 15) is 0 Å². The van der Waals surface area contributed by atoms with Crippen molar-refractivity contribution in [2.24, 2.45) is 5.73 Å². The monoisotopic (exact) mass is 284 g/mol. The van der Waals surface area contributed by atoms with Crippen LogP contribution >= 0.6 is 11.6 Å². The molecule has 0 aliphatic heterocycles. The first-order valence-corrected chi connectivity index (χ1v) is 6.67. The fraction of sp³-hybridized carbons (Fsp3) is 0.0625. The number of benzene rings is 2. The van der Waals surface area contributed by atoms with Crippen molar-refractivity contribution < 1.29 is 4.74 Å². The number of aromatic nitrogens is 1. The molecule has 0 spiro atoms. The summed E-state index contributed by atoms with van der Waals surface area (Å²) in [4.78, 5) is 4.45. The predicted octanol–water partition coefficient (Wildman–Crippen LogP) is 4.14. The number of halogens is 1. The first-order chi connectivity index (χ1) is 9.78. The van der Waals surface area contributed by atoms with Crippen molar-refractivity contribution >= 4 is 22.4 Å². The maximum Gasteiger partial charge on any atom is 0.227 e. The number of fused-ring (bicyclic) bond motifs is 1. The third-order valence-corrected chi connectivity index (χ3v) is 3.32. The number of para-hydroxylation sites is 1. The summed E-state index contributed by atoms with van der Waals surface area (Å²) in [6.45, 7) is 0.365. The van der Waals surface area contributed by atoms with E-state index in [4.69, 9.17) is 22.1 Å². The number of ether oxygens (including phenoxy) is 1. The summed E-state index contributed by atoms with van der Waals surface area (Å²) in [6.07, 6.45) is 0. The van der Waals surface area contributed by atoms with Crippen LogP contribution in [-0.4, -0.2) is 4.98 Å². The van der Waals surface area contributed by atoms with E-state index in [-0.39, 0.29) is 0 Å². The van der Waals surface area contributed by atoms with Gasteiger partial charge < -0.3 is 10.5 Å². The second-order valence-electron chi connectivity index (χ2n) is 4.38. The molecule has 0 saturated heterocycles. The van der Waals surface area contributed by atoms with Crippen molar-refractivity contribution in [2.75, 3.05) is 0 Å². The van der Waals surface area contributed by atoms with Crippen LogP contribution in [0, 0.1) is 0 Å². The molecule has 100 valence electrons. The Kier molecular flexibility index (Phi) is 3.54. The van der Waals surface area contributed by atoms with Gasteiger partial charge in [-0.25, -0.2) is 4.98 Å². The molecule has 2 aromatic carbocycles. The minimum absolute atomic E-state index is 0.365. The number of nitrogens with zero attached hydrogens (tertiary/aromatic N) is 1. The molecule has 0 atom stereocenters. The zero-order valence-electron chi connectivity index (χ0n) is 10.7. The SMILES string of the molecule is NCc1cc2ccccc2c(Oc2ccccc2Cl)n1. The number of rotatable bonds is 3. The molecule has 0 amide bonds. The Morgan fingerprint density at radius 3 is 2.60 bits per heavy atom. The number of nitrogens with two attached hydrogens (primary N) is 1. The Morgan fingerprint density at radius 2 is 1.80 bits per heavy atom. The molecule has 0 radical (unpaired) electrons. The number of hydrogen-bond acceptors (Lipinski definition) is 3. The van der Waals surface area contributed by atoms with Crippen LogP contribution in [0.3, 0.4) is 0 Å². The lowest BCUT2D eigenvalue weighted by molar-refractivity contribution is 0.467. The second kappa shape index (κ2) is 5.49. The fourth-order valence-electron chi connectivity index (χ4n) is 2.03. The summed E-state index contributed by atoms with van der Waals surface area (Å²) < 4.78 is 5.87. The van der Waals surface area contributed by atoms with E-state index in [1.54, 1.807) is 6.07 Å². The number of hydrogen-bond donors (Lipinski definition) is 1. The molecule has 0 aliphatic carbocycles.